The molecule has 6 atom stereocenters. The molecule has 6 nitrogen and oxygen atoms in total. The Bertz CT molecular complexity index is 542. The Morgan fingerprint density at radius 1 is 1.27 bits per heavy atom. The lowest BCUT2D eigenvalue weighted by Gasteiger charge is -2.40. The number of rotatable bonds is 3. The van der Waals surface area contributed by atoms with Gasteiger partial charge in [0, 0.05) is 6.54 Å². The lowest BCUT2D eigenvalue weighted by atomic mass is 9.91. The number of amidine groups is 1. The summed E-state index contributed by atoms with van der Waals surface area (Å²) in [4.78, 5) is 4.27. The van der Waals surface area contributed by atoms with Crippen LogP contribution in [0, 0.1) is 0 Å². The van der Waals surface area contributed by atoms with Crippen LogP contribution in [0.15, 0.2) is 35.3 Å². The SMILES string of the molecule is CCN=C1N[C@@H]2[C@@H](O)[C@H](O)[C@@H](C(O)c3ccccc3)O[C@@H]2S1. The second-order valence-electron chi connectivity index (χ2n) is 5.37. The molecule has 1 unspecified atom stereocenters. The zero-order valence-electron chi connectivity index (χ0n) is 12.2. The molecule has 4 N–H and O–H groups in total. The number of thioether (sulfide) groups is 1. The average Bonchev–Trinajstić information content (AvgIpc) is 2.94. The lowest BCUT2D eigenvalue weighted by Crippen LogP contribution is -2.60. The number of fused-ring (bicyclic) bond motifs is 1. The van der Waals surface area contributed by atoms with Gasteiger partial charge in [0.15, 0.2) is 5.17 Å². The van der Waals surface area contributed by atoms with E-state index in [1.165, 1.54) is 11.8 Å². The Labute approximate surface area is 133 Å². The second kappa shape index (κ2) is 6.55. The Morgan fingerprint density at radius 2 is 2.00 bits per heavy atom. The third-order valence-corrected chi connectivity index (χ3v) is 5.02. The zero-order chi connectivity index (χ0) is 15.7. The van der Waals surface area contributed by atoms with E-state index in [1.54, 1.807) is 12.1 Å². The number of hydrogen-bond donors (Lipinski definition) is 4. The smallest absolute Gasteiger partial charge is 0.159 e. The number of ether oxygens (including phenoxy) is 1. The molecule has 120 valence electrons. The highest BCUT2D eigenvalue weighted by Crippen LogP contribution is 2.37. The molecule has 2 aliphatic rings. The largest absolute Gasteiger partial charge is 0.388 e. The molecule has 0 aromatic heterocycles. The third kappa shape index (κ3) is 2.87. The van der Waals surface area contributed by atoms with E-state index in [1.807, 2.05) is 25.1 Å². The lowest BCUT2D eigenvalue weighted by molar-refractivity contribution is -0.188. The topological polar surface area (TPSA) is 94.3 Å². The van der Waals surface area contributed by atoms with Gasteiger partial charge in [0.1, 0.15) is 29.9 Å². The van der Waals surface area contributed by atoms with Gasteiger partial charge >= 0.3 is 0 Å². The quantitative estimate of drug-likeness (QED) is 0.637. The summed E-state index contributed by atoms with van der Waals surface area (Å²) in [5.41, 5.74) is 0.266. The minimum absolute atomic E-state index is 0.382. The highest BCUT2D eigenvalue weighted by Gasteiger charge is 2.50. The molecule has 2 heterocycles. The van der Waals surface area contributed by atoms with Crippen molar-refractivity contribution < 1.29 is 20.1 Å². The summed E-state index contributed by atoms with van der Waals surface area (Å²) in [5.74, 6) is 0. The van der Waals surface area contributed by atoms with Gasteiger partial charge in [0.2, 0.25) is 0 Å². The van der Waals surface area contributed by atoms with E-state index in [-0.39, 0.29) is 5.44 Å². The van der Waals surface area contributed by atoms with Crippen LogP contribution >= 0.6 is 11.8 Å². The monoisotopic (exact) mass is 324 g/mol. The van der Waals surface area contributed by atoms with Crippen LogP contribution in [0.1, 0.15) is 18.6 Å². The van der Waals surface area contributed by atoms with Crippen LogP contribution in [-0.4, -0.2) is 56.8 Å². The molecular weight excluding hydrogens is 304 g/mol. The molecule has 0 amide bonds. The van der Waals surface area contributed by atoms with Gasteiger partial charge in [0.05, 0.1) is 6.04 Å². The van der Waals surface area contributed by atoms with Gasteiger partial charge in [0.25, 0.3) is 0 Å². The molecule has 7 heteroatoms. The third-order valence-electron chi connectivity index (χ3n) is 3.91. The first-order chi connectivity index (χ1) is 10.6. The molecule has 2 saturated heterocycles. The van der Waals surface area contributed by atoms with Crippen molar-refractivity contribution in [3.05, 3.63) is 35.9 Å². The highest BCUT2D eigenvalue weighted by atomic mass is 32.2. The summed E-state index contributed by atoms with van der Waals surface area (Å²) in [6.45, 7) is 2.55. The molecule has 2 aliphatic heterocycles. The minimum atomic E-state index is -1.18. The maximum atomic E-state index is 10.5. The van der Waals surface area contributed by atoms with Crippen molar-refractivity contribution in [2.45, 2.75) is 42.8 Å². The van der Waals surface area contributed by atoms with Crippen molar-refractivity contribution in [1.29, 1.82) is 0 Å². The summed E-state index contributed by atoms with van der Waals surface area (Å²) in [6, 6.07) is 8.58. The maximum absolute atomic E-state index is 10.5. The van der Waals surface area contributed by atoms with E-state index in [0.29, 0.717) is 17.3 Å². The Kier molecular flexibility index (Phi) is 4.70. The van der Waals surface area contributed by atoms with Gasteiger partial charge < -0.3 is 25.4 Å². The molecular formula is C15H20N2O4S. The van der Waals surface area contributed by atoms with Crippen molar-refractivity contribution in [3.8, 4) is 0 Å². The number of nitrogens with one attached hydrogen (secondary N) is 1. The van der Waals surface area contributed by atoms with Gasteiger partial charge in [-0.05, 0) is 12.5 Å². The first-order valence-electron chi connectivity index (χ1n) is 7.34. The fourth-order valence-corrected chi connectivity index (χ4v) is 3.94. The van der Waals surface area contributed by atoms with Crippen LogP contribution < -0.4 is 5.32 Å². The van der Waals surface area contributed by atoms with E-state index < -0.39 is 30.5 Å². The predicted molar refractivity (Wildman–Crippen MR) is 84.6 cm³/mol. The molecule has 1 aromatic rings. The van der Waals surface area contributed by atoms with Crippen molar-refractivity contribution in [1.82, 2.24) is 5.32 Å². The summed E-state index contributed by atoms with van der Waals surface area (Å²) in [6.07, 6.45) is -4.09. The molecule has 1 aromatic carbocycles. The predicted octanol–water partition coefficient (Wildman–Crippen LogP) is 0.248. The van der Waals surface area contributed by atoms with E-state index in [0.717, 1.165) is 0 Å². The van der Waals surface area contributed by atoms with Crippen LogP contribution in [0.4, 0.5) is 0 Å². The van der Waals surface area contributed by atoms with Crippen molar-refractivity contribution in [3.63, 3.8) is 0 Å². The minimum Gasteiger partial charge on any atom is -0.388 e. The zero-order valence-corrected chi connectivity index (χ0v) is 13.0. The summed E-state index contributed by atoms with van der Waals surface area (Å²) in [5, 5.41) is 34.9. The van der Waals surface area contributed by atoms with Gasteiger partial charge in [-0.3, -0.25) is 4.99 Å². The van der Waals surface area contributed by atoms with Gasteiger partial charge in [-0.2, -0.15) is 0 Å². The number of aliphatic imine (C=N–C) groups is 1. The molecule has 0 saturated carbocycles. The number of nitrogens with zero attached hydrogens (tertiary/aromatic N) is 1. The number of hydrogen-bond acceptors (Lipinski definition) is 6. The van der Waals surface area contributed by atoms with Crippen LogP contribution in [-0.2, 0) is 4.74 Å². The number of aliphatic hydroxyl groups is 3. The Morgan fingerprint density at radius 3 is 2.68 bits per heavy atom. The first kappa shape index (κ1) is 15.8. The molecule has 0 aliphatic carbocycles. The first-order valence-corrected chi connectivity index (χ1v) is 8.22. The van der Waals surface area contributed by atoms with E-state index in [4.69, 9.17) is 4.74 Å². The number of benzene rings is 1. The van der Waals surface area contributed by atoms with Crippen molar-refractivity contribution >= 4 is 16.9 Å². The molecule has 3 rings (SSSR count). The summed E-state index contributed by atoms with van der Waals surface area (Å²) >= 11 is 1.38. The van der Waals surface area contributed by atoms with Crippen LogP contribution in [0.25, 0.3) is 0 Å². The van der Waals surface area contributed by atoms with E-state index in [2.05, 4.69) is 10.3 Å². The van der Waals surface area contributed by atoms with Crippen LogP contribution in [0.2, 0.25) is 0 Å². The van der Waals surface area contributed by atoms with Crippen LogP contribution in [0.3, 0.4) is 0 Å². The van der Waals surface area contributed by atoms with Gasteiger partial charge in [-0.15, -0.1) is 0 Å². The standard InChI is InChI=1S/C15H20N2O4S/c1-2-16-15-17-9-11(19)12(20)13(21-14(9)22-15)10(18)8-6-4-3-5-7-8/h3-7,9-14,18-20H,2H2,1H3,(H,16,17)/t9-,10?,11-,12+,13-,14-/m1/s1. The molecule has 0 spiro atoms. The average molecular weight is 324 g/mol. The maximum Gasteiger partial charge on any atom is 0.159 e. The molecule has 2 fully saturated rings. The van der Waals surface area contributed by atoms with Gasteiger partial charge in [-0.1, -0.05) is 42.1 Å². The van der Waals surface area contributed by atoms with Crippen molar-refractivity contribution in [2.75, 3.05) is 6.54 Å². The fraction of sp³-hybridized carbons (Fsp3) is 0.533. The number of aliphatic hydroxyl groups excluding tert-OH is 3. The molecule has 0 radical (unpaired) electrons. The normalized spacial score (nSPS) is 37.6. The van der Waals surface area contributed by atoms with E-state index >= 15 is 0 Å². The molecule has 0 bridgehead atoms. The Hall–Kier alpha value is -1.12. The van der Waals surface area contributed by atoms with E-state index in [9.17, 15) is 15.3 Å². The summed E-state index contributed by atoms with van der Waals surface area (Å²) < 4.78 is 5.85. The summed E-state index contributed by atoms with van der Waals surface area (Å²) in [7, 11) is 0. The Balaban J connectivity index is 1.79. The van der Waals surface area contributed by atoms with Crippen molar-refractivity contribution in [2.24, 2.45) is 4.99 Å². The van der Waals surface area contributed by atoms with Crippen LogP contribution in [0.5, 0.6) is 0 Å². The second-order valence-corrected chi connectivity index (χ2v) is 6.46. The highest BCUT2D eigenvalue weighted by molar-refractivity contribution is 8.14. The molecule has 22 heavy (non-hydrogen) atoms. The van der Waals surface area contributed by atoms with Gasteiger partial charge in [-0.25, -0.2) is 0 Å². The fourth-order valence-electron chi connectivity index (χ4n) is 2.76.